The molecule has 2 heterocycles. The Morgan fingerprint density at radius 1 is 1.00 bits per heavy atom. The van der Waals surface area contributed by atoms with Gasteiger partial charge in [-0.2, -0.15) is 0 Å². The number of carbonyl (C=O) groups excluding carboxylic acids is 5. The number of esters is 3. The minimum absolute atomic E-state index is 0.103. The molecule has 2 bridgehead atoms. The van der Waals surface area contributed by atoms with Crippen molar-refractivity contribution in [2.45, 2.75) is 89.7 Å². The summed E-state index contributed by atoms with van der Waals surface area (Å²) in [6.45, 7) is 8.21. The van der Waals surface area contributed by atoms with E-state index in [-0.39, 0.29) is 24.2 Å². The van der Waals surface area contributed by atoms with E-state index in [0.717, 1.165) is 6.92 Å². The maximum atomic E-state index is 15.0. The van der Waals surface area contributed by atoms with E-state index < -0.39 is 100.0 Å². The van der Waals surface area contributed by atoms with Gasteiger partial charge in [-0.1, -0.05) is 39.0 Å². The SMILES string of the molecule is CC(=O)OC1=C2C(C)[C@@H](O)[C@@H]3OC(=O)O[C@]3([C@@H](OC(=O)c3ccccc3)[C@H]3[C@](C)(C1=O)[C@@H](O)CC1OC[C@]13OC(C)=O)C2(C)C. The second kappa shape index (κ2) is 10.1. The summed E-state index contributed by atoms with van der Waals surface area (Å²) in [5.41, 5.74) is -7.09. The van der Waals surface area contributed by atoms with Crippen LogP contribution < -0.4 is 0 Å². The van der Waals surface area contributed by atoms with E-state index in [1.165, 1.54) is 26.0 Å². The van der Waals surface area contributed by atoms with Crippen LogP contribution in [0.25, 0.3) is 0 Å². The predicted molar refractivity (Wildman–Crippen MR) is 149 cm³/mol. The Labute approximate surface area is 258 Å². The third-order valence-corrected chi connectivity index (χ3v) is 10.7. The summed E-state index contributed by atoms with van der Waals surface area (Å²) in [4.78, 5) is 67.3. The summed E-state index contributed by atoms with van der Waals surface area (Å²) in [5.74, 6) is -6.18. The van der Waals surface area contributed by atoms with Gasteiger partial charge in [-0.05, 0) is 24.6 Å². The molecule has 4 fully saturated rings. The molecule has 0 amide bonds. The fourth-order valence-electron chi connectivity index (χ4n) is 8.64. The molecular weight excluding hydrogens is 592 g/mol. The van der Waals surface area contributed by atoms with Gasteiger partial charge >= 0.3 is 24.1 Å². The predicted octanol–water partition coefficient (Wildman–Crippen LogP) is 2.01. The molecule has 2 N–H and O–H groups in total. The largest absolute Gasteiger partial charge is 0.509 e. The standard InChI is InChI=1S/C32H36O13/c1-14-20-22(41-15(2)33)24(37)30(6)18(35)12-19-31(13-40-19,44-16(3)34)23(30)26(42-27(38)17-10-8-7-9-11-17)32(29(20,4)5)25(21(14)36)43-28(39)45-32/h7-11,14,18-19,21,23,25-26,35-36H,12-13H2,1-6H3/t14?,18-,19?,21+,23-,25-,26-,30+,31-,32+/m0/s1. The number of Topliss-reactive ketones (excluding diaryl/α,β-unsaturated/α-hetero) is 1. The molecule has 1 aromatic carbocycles. The van der Waals surface area contributed by atoms with E-state index in [1.807, 2.05) is 0 Å². The quantitative estimate of drug-likeness (QED) is 0.365. The number of ketones is 1. The van der Waals surface area contributed by atoms with Crippen molar-refractivity contribution in [3.63, 3.8) is 0 Å². The van der Waals surface area contributed by atoms with Crippen molar-refractivity contribution in [1.29, 1.82) is 0 Å². The molecule has 3 aliphatic carbocycles. The summed E-state index contributed by atoms with van der Waals surface area (Å²) in [6.07, 6.45) is -8.51. The Balaban J connectivity index is 1.74. The lowest BCUT2D eigenvalue weighted by molar-refractivity contribution is -0.345. The van der Waals surface area contributed by atoms with Crippen LogP contribution in [0.4, 0.5) is 4.79 Å². The average Bonchev–Trinajstić information content (AvgIpc) is 3.34. The molecule has 13 heteroatoms. The van der Waals surface area contributed by atoms with Gasteiger partial charge in [0.2, 0.25) is 11.4 Å². The highest BCUT2D eigenvalue weighted by molar-refractivity contribution is 6.02. The fourth-order valence-corrected chi connectivity index (χ4v) is 8.64. The number of ether oxygens (including phenoxy) is 6. The summed E-state index contributed by atoms with van der Waals surface area (Å²) >= 11 is 0. The van der Waals surface area contributed by atoms with Gasteiger partial charge in [0.25, 0.3) is 0 Å². The second-order valence-electron chi connectivity index (χ2n) is 13.3. The number of hydrogen-bond donors (Lipinski definition) is 2. The summed E-state index contributed by atoms with van der Waals surface area (Å²) in [7, 11) is 0. The molecular formula is C32H36O13. The normalized spacial score (nSPS) is 41.0. The minimum Gasteiger partial charge on any atom is -0.454 e. The monoisotopic (exact) mass is 628 g/mol. The van der Waals surface area contributed by atoms with E-state index in [1.54, 1.807) is 39.0 Å². The van der Waals surface area contributed by atoms with Crippen LogP contribution in [0.5, 0.6) is 0 Å². The highest BCUT2D eigenvalue weighted by atomic mass is 16.8. The number of hydrogen-bond acceptors (Lipinski definition) is 13. The van der Waals surface area contributed by atoms with E-state index in [4.69, 9.17) is 28.4 Å². The first-order valence-electron chi connectivity index (χ1n) is 14.8. The number of aliphatic hydroxyl groups is 2. The molecule has 2 unspecified atom stereocenters. The van der Waals surface area contributed by atoms with Gasteiger partial charge < -0.3 is 38.6 Å². The van der Waals surface area contributed by atoms with Crippen LogP contribution in [0.3, 0.4) is 0 Å². The molecule has 45 heavy (non-hydrogen) atoms. The van der Waals surface area contributed by atoms with E-state index in [0.29, 0.717) is 0 Å². The molecule has 2 saturated carbocycles. The van der Waals surface area contributed by atoms with Crippen LogP contribution in [0, 0.1) is 22.7 Å². The van der Waals surface area contributed by atoms with E-state index >= 15 is 0 Å². The summed E-state index contributed by atoms with van der Waals surface area (Å²) in [5, 5.41) is 23.5. The molecule has 1 aromatic rings. The van der Waals surface area contributed by atoms with E-state index in [2.05, 4.69) is 0 Å². The van der Waals surface area contributed by atoms with Gasteiger partial charge in [-0.15, -0.1) is 0 Å². The van der Waals surface area contributed by atoms with E-state index in [9.17, 15) is 34.2 Å². The molecule has 0 radical (unpaired) electrons. The Bertz CT molecular complexity index is 1520. The van der Waals surface area contributed by atoms with Crippen molar-refractivity contribution in [2.24, 2.45) is 22.7 Å². The highest BCUT2D eigenvalue weighted by Crippen LogP contribution is 2.67. The van der Waals surface area contributed by atoms with Gasteiger partial charge in [-0.25, -0.2) is 9.59 Å². The number of fused-ring (bicyclic) bond motifs is 4. The fraction of sp³-hybridized carbons (Fsp3) is 0.594. The van der Waals surface area contributed by atoms with Crippen LogP contribution in [0.1, 0.15) is 58.3 Å². The van der Waals surface area contributed by atoms with Crippen molar-refractivity contribution >= 4 is 29.8 Å². The van der Waals surface area contributed by atoms with Gasteiger partial charge in [0.15, 0.2) is 23.6 Å². The molecule has 2 saturated heterocycles. The molecule has 6 rings (SSSR count). The van der Waals surface area contributed by atoms with Crippen LogP contribution in [-0.4, -0.2) is 88.4 Å². The van der Waals surface area contributed by atoms with Crippen molar-refractivity contribution in [2.75, 3.05) is 6.61 Å². The second-order valence-corrected chi connectivity index (χ2v) is 13.3. The van der Waals surface area contributed by atoms with Crippen molar-refractivity contribution in [1.82, 2.24) is 0 Å². The molecule has 2 aliphatic heterocycles. The first kappa shape index (κ1) is 31.2. The minimum atomic E-state index is -2.10. The highest BCUT2D eigenvalue weighted by Gasteiger charge is 2.82. The third-order valence-electron chi connectivity index (χ3n) is 10.7. The lowest BCUT2D eigenvalue weighted by Gasteiger charge is -2.67. The zero-order chi connectivity index (χ0) is 32.9. The number of benzene rings is 1. The summed E-state index contributed by atoms with van der Waals surface area (Å²) < 4.78 is 35.4. The van der Waals surface area contributed by atoms with Crippen molar-refractivity contribution in [3.8, 4) is 0 Å². The average molecular weight is 629 g/mol. The molecule has 10 atom stereocenters. The zero-order valence-electron chi connectivity index (χ0n) is 25.7. The summed E-state index contributed by atoms with van der Waals surface area (Å²) in [6, 6.07) is 7.93. The molecule has 0 aromatic heterocycles. The van der Waals surface area contributed by atoms with Gasteiger partial charge in [-0.3, -0.25) is 14.4 Å². The Morgan fingerprint density at radius 3 is 2.24 bits per heavy atom. The molecule has 1 spiro atoms. The van der Waals surface area contributed by atoms with Crippen molar-refractivity contribution < 1.29 is 62.6 Å². The van der Waals surface area contributed by atoms with Crippen LogP contribution in [-0.2, 0) is 42.8 Å². The Kier molecular flexibility index (Phi) is 7.00. The smallest absolute Gasteiger partial charge is 0.454 e. The maximum Gasteiger partial charge on any atom is 0.509 e. The lowest BCUT2D eigenvalue weighted by Crippen LogP contribution is -2.82. The van der Waals surface area contributed by atoms with Crippen LogP contribution in [0.15, 0.2) is 41.7 Å². The number of allylic oxidation sites excluding steroid dienone is 1. The first-order chi connectivity index (χ1) is 21.0. The van der Waals surface area contributed by atoms with Gasteiger partial charge in [0.1, 0.15) is 12.2 Å². The van der Waals surface area contributed by atoms with Gasteiger partial charge in [0, 0.05) is 31.6 Å². The molecule has 5 aliphatic rings. The van der Waals surface area contributed by atoms with Crippen LogP contribution >= 0.6 is 0 Å². The number of aliphatic hydroxyl groups excluding tert-OH is 2. The number of carbonyl (C=O) groups is 5. The van der Waals surface area contributed by atoms with Gasteiger partial charge in [0.05, 0.1) is 29.6 Å². The van der Waals surface area contributed by atoms with Crippen LogP contribution in [0.2, 0.25) is 0 Å². The maximum absolute atomic E-state index is 15.0. The topological polar surface area (TPSA) is 181 Å². The van der Waals surface area contributed by atoms with Crippen molar-refractivity contribution in [3.05, 3.63) is 47.2 Å². The Hall–Kier alpha value is -3.81. The number of rotatable bonds is 4. The first-order valence-corrected chi connectivity index (χ1v) is 14.8. The third kappa shape index (κ3) is 3.99. The molecule has 13 nitrogen and oxygen atoms in total. The lowest BCUT2D eigenvalue weighted by atomic mass is 9.44. The Morgan fingerprint density at radius 2 is 1.67 bits per heavy atom. The zero-order valence-corrected chi connectivity index (χ0v) is 25.7. The molecule has 242 valence electrons.